The van der Waals surface area contributed by atoms with Gasteiger partial charge in [0.05, 0.1) is 17.0 Å². The van der Waals surface area contributed by atoms with Gasteiger partial charge in [0.25, 0.3) is 0 Å². The van der Waals surface area contributed by atoms with Crippen molar-refractivity contribution in [3.63, 3.8) is 0 Å². The number of benzene rings is 2. The summed E-state index contributed by atoms with van der Waals surface area (Å²) >= 11 is 1.43. The largest absolute Gasteiger partial charge is 0.486 e. The minimum atomic E-state index is -0.438. The molecule has 0 bridgehead atoms. The van der Waals surface area contributed by atoms with Gasteiger partial charge >= 0.3 is 0 Å². The highest BCUT2D eigenvalue weighted by molar-refractivity contribution is 8.01. The Morgan fingerprint density at radius 2 is 2.00 bits per heavy atom. The number of hydrogen-bond acceptors (Lipinski definition) is 5. The third-order valence-corrected chi connectivity index (χ3v) is 5.80. The highest BCUT2D eigenvalue weighted by Crippen LogP contribution is 2.37. The molecule has 0 saturated carbocycles. The van der Waals surface area contributed by atoms with E-state index in [1.165, 1.54) is 11.8 Å². The maximum atomic E-state index is 12.5. The van der Waals surface area contributed by atoms with Crippen LogP contribution in [-0.2, 0) is 9.59 Å². The van der Waals surface area contributed by atoms with Crippen LogP contribution in [0.3, 0.4) is 0 Å². The number of rotatable bonds is 4. The van der Waals surface area contributed by atoms with Crippen molar-refractivity contribution in [1.29, 1.82) is 0 Å². The molecule has 7 heteroatoms. The van der Waals surface area contributed by atoms with Crippen LogP contribution in [0.25, 0.3) is 0 Å². The maximum absolute atomic E-state index is 12.5. The molecule has 2 N–H and O–H groups in total. The van der Waals surface area contributed by atoms with Gasteiger partial charge in [0.15, 0.2) is 11.5 Å². The van der Waals surface area contributed by atoms with E-state index in [2.05, 4.69) is 10.6 Å². The van der Waals surface area contributed by atoms with E-state index < -0.39 is 5.25 Å². The van der Waals surface area contributed by atoms with Gasteiger partial charge in [-0.1, -0.05) is 18.2 Å². The molecule has 2 unspecified atom stereocenters. The van der Waals surface area contributed by atoms with Gasteiger partial charge in [0.2, 0.25) is 11.8 Å². The van der Waals surface area contributed by atoms with Gasteiger partial charge in [-0.2, -0.15) is 0 Å². The molecule has 0 fully saturated rings. The van der Waals surface area contributed by atoms with Gasteiger partial charge in [-0.15, -0.1) is 11.8 Å². The SMILES string of the molecule is CC(NC(=O)CC1Sc2ccccc2NC1=O)c1ccc2c(c1)OCCO2. The van der Waals surface area contributed by atoms with Gasteiger partial charge in [-0.25, -0.2) is 0 Å². The fraction of sp³-hybridized carbons (Fsp3) is 0.300. The lowest BCUT2D eigenvalue weighted by Crippen LogP contribution is -2.35. The van der Waals surface area contributed by atoms with Gasteiger partial charge in [0, 0.05) is 11.3 Å². The van der Waals surface area contributed by atoms with Crippen LogP contribution >= 0.6 is 11.8 Å². The second kappa shape index (κ2) is 7.52. The molecule has 2 aliphatic heterocycles. The van der Waals surface area contributed by atoms with Crippen LogP contribution in [0.2, 0.25) is 0 Å². The molecule has 140 valence electrons. The molecule has 4 rings (SSSR count). The number of ether oxygens (including phenoxy) is 2. The molecule has 27 heavy (non-hydrogen) atoms. The average molecular weight is 384 g/mol. The smallest absolute Gasteiger partial charge is 0.238 e. The first-order valence-corrected chi connectivity index (χ1v) is 9.73. The van der Waals surface area contributed by atoms with Crippen LogP contribution in [0.5, 0.6) is 11.5 Å². The summed E-state index contributed by atoms with van der Waals surface area (Å²) in [4.78, 5) is 25.7. The number of anilines is 1. The van der Waals surface area contributed by atoms with E-state index in [0.29, 0.717) is 19.0 Å². The molecule has 6 nitrogen and oxygen atoms in total. The fourth-order valence-electron chi connectivity index (χ4n) is 3.11. The van der Waals surface area contributed by atoms with E-state index in [-0.39, 0.29) is 24.3 Å². The average Bonchev–Trinajstić information content (AvgIpc) is 2.68. The summed E-state index contributed by atoms with van der Waals surface area (Å²) in [5, 5.41) is 5.39. The Hall–Kier alpha value is -2.67. The molecule has 2 atom stereocenters. The number of amides is 2. The van der Waals surface area contributed by atoms with Crippen LogP contribution in [0.4, 0.5) is 5.69 Å². The van der Waals surface area contributed by atoms with Crippen LogP contribution in [-0.4, -0.2) is 30.3 Å². The summed E-state index contributed by atoms with van der Waals surface area (Å²) in [6.07, 6.45) is 0.125. The molecule has 0 spiro atoms. The molecule has 2 heterocycles. The lowest BCUT2D eigenvalue weighted by atomic mass is 10.1. The molecule has 0 radical (unpaired) electrons. The van der Waals surface area contributed by atoms with E-state index in [1.54, 1.807) is 0 Å². The topological polar surface area (TPSA) is 76.7 Å². The molecular weight excluding hydrogens is 364 g/mol. The van der Waals surface area contributed by atoms with Gasteiger partial charge in [-0.05, 0) is 36.8 Å². The van der Waals surface area contributed by atoms with E-state index in [1.807, 2.05) is 49.4 Å². The lowest BCUT2D eigenvalue weighted by molar-refractivity contribution is -0.124. The summed E-state index contributed by atoms with van der Waals surface area (Å²) in [6.45, 7) is 2.97. The van der Waals surface area contributed by atoms with Crippen LogP contribution < -0.4 is 20.1 Å². The number of fused-ring (bicyclic) bond motifs is 2. The zero-order valence-corrected chi connectivity index (χ0v) is 15.7. The summed E-state index contributed by atoms with van der Waals surface area (Å²) in [5.74, 6) is 1.11. The Morgan fingerprint density at radius 3 is 2.85 bits per heavy atom. The monoisotopic (exact) mass is 384 g/mol. The zero-order valence-electron chi connectivity index (χ0n) is 14.9. The third kappa shape index (κ3) is 3.88. The van der Waals surface area contributed by atoms with E-state index >= 15 is 0 Å². The van der Waals surface area contributed by atoms with Gasteiger partial charge < -0.3 is 20.1 Å². The predicted molar refractivity (Wildman–Crippen MR) is 103 cm³/mol. The molecular formula is C20H20N2O4S. The Bertz CT molecular complexity index is 886. The van der Waals surface area contributed by atoms with Gasteiger partial charge in [-0.3, -0.25) is 9.59 Å². The molecule has 0 aromatic heterocycles. The highest BCUT2D eigenvalue weighted by atomic mass is 32.2. The summed E-state index contributed by atoms with van der Waals surface area (Å²) in [7, 11) is 0. The second-order valence-electron chi connectivity index (χ2n) is 6.49. The number of para-hydroxylation sites is 1. The van der Waals surface area contributed by atoms with Crippen molar-refractivity contribution in [2.24, 2.45) is 0 Å². The zero-order chi connectivity index (χ0) is 18.8. The number of carbonyl (C=O) groups is 2. The molecule has 2 aliphatic rings. The number of carbonyl (C=O) groups excluding carboxylic acids is 2. The van der Waals surface area contributed by atoms with Crippen molar-refractivity contribution in [3.05, 3.63) is 48.0 Å². The molecule has 0 aliphatic carbocycles. The highest BCUT2D eigenvalue weighted by Gasteiger charge is 2.29. The van der Waals surface area contributed by atoms with Crippen molar-refractivity contribution in [2.75, 3.05) is 18.5 Å². The predicted octanol–water partition coefficient (Wildman–Crippen LogP) is 3.14. The second-order valence-corrected chi connectivity index (χ2v) is 7.73. The van der Waals surface area contributed by atoms with Crippen molar-refractivity contribution in [2.45, 2.75) is 29.5 Å². The Kier molecular flexibility index (Phi) is 4.94. The number of hydrogen-bond donors (Lipinski definition) is 2. The van der Waals surface area contributed by atoms with Crippen molar-refractivity contribution in [3.8, 4) is 11.5 Å². The summed E-state index contributed by atoms with van der Waals surface area (Å²) < 4.78 is 11.1. The first-order chi connectivity index (χ1) is 13.1. The van der Waals surface area contributed by atoms with E-state index in [0.717, 1.165) is 21.9 Å². The Balaban J connectivity index is 1.38. The molecule has 2 aromatic carbocycles. The van der Waals surface area contributed by atoms with Crippen molar-refractivity contribution < 1.29 is 19.1 Å². The van der Waals surface area contributed by atoms with E-state index in [9.17, 15) is 9.59 Å². The Morgan fingerprint density at radius 1 is 1.22 bits per heavy atom. The Labute approximate surface area is 161 Å². The van der Waals surface area contributed by atoms with Crippen LogP contribution in [0.1, 0.15) is 24.9 Å². The van der Waals surface area contributed by atoms with Crippen LogP contribution in [0, 0.1) is 0 Å². The fourth-order valence-corrected chi connectivity index (χ4v) is 4.22. The first kappa shape index (κ1) is 17.7. The molecule has 0 saturated heterocycles. The number of thioether (sulfide) groups is 1. The van der Waals surface area contributed by atoms with Gasteiger partial charge in [0.1, 0.15) is 13.2 Å². The standard InChI is InChI=1S/C20H20N2O4S/c1-12(13-6-7-15-16(10-13)26-9-8-25-15)21-19(23)11-18-20(24)22-14-4-2-3-5-17(14)27-18/h2-7,10,12,18H,8-9,11H2,1H3,(H,21,23)(H,22,24). The third-order valence-electron chi connectivity index (χ3n) is 4.52. The minimum absolute atomic E-state index is 0.125. The normalized spacial score (nSPS) is 18.9. The quantitative estimate of drug-likeness (QED) is 0.847. The summed E-state index contributed by atoms with van der Waals surface area (Å²) in [6, 6.07) is 13.1. The summed E-state index contributed by atoms with van der Waals surface area (Å²) in [5.41, 5.74) is 1.73. The molecule has 2 aromatic rings. The first-order valence-electron chi connectivity index (χ1n) is 8.85. The number of nitrogens with one attached hydrogen (secondary N) is 2. The van der Waals surface area contributed by atoms with E-state index in [4.69, 9.17) is 9.47 Å². The molecule has 2 amide bonds. The lowest BCUT2D eigenvalue weighted by Gasteiger charge is -2.24. The minimum Gasteiger partial charge on any atom is -0.486 e. The van der Waals surface area contributed by atoms with Crippen LogP contribution in [0.15, 0.2) is 47.4 Å². The van der Waals surface area contributed by atoms with Crippen molar-refractivity contribution in [1.82, 2.24) is 5.32 Å². The maximum Gasteiger partial charge on any atom is 0.238 e. The van der Waals surface area contributed by atoms with Crippen molar-refractivity contribution >= 4 is 29.3 Å².